The van der Waals surface area contributed by atoms with Gasteiger partial charge in [-0.25, -0.2) is 0 Å². The Labute approximate surface area is 123 Å². The number of nitrogens with one attached hydrogen (secondary N) is 2. The number of rotatable bonds is 8. The van der Waals surface area contributed by atoms with Gasteiger partial charge in [-0.2, -0.15) is 10.1 Å². The molecule has 0 aliphatic heterocycles. The smallest absolute Gasteiger partial charge is 0.229 e. The Morgan fingerprint density at radius 2 is 2.29 bits per heavy atom. The molecule has 0 fully saturated rings. The zero-order chi connectivity index (χ0) is 15.1. The third-order valence-corrected chi connectivity index (χ3v) is 3.07. The van der Waals surface area contributed by atoms with Crippen LogP contribution in [0.15, 0.2) is 16.9 Å². The molecule has 7 nitrogen and oxygen atoms in total. The normalized spacial score (nSPS) is 11.0. The second-order valence-corrected chi connectivity index (χ2v) is 5.26. The minimum atomic E-state index is 0.0473. The molecule has 0 radical (unpaired) electrons. The Morgan fingerprint density at radius 1 is 1.43 bits per heavy atom. The van der Waals surface area contributed by atoms with Gasteiger partial charge in [-0.3, -0.25) is 9.89 Å². The summed E-state index contributed by atoms with van der Waals surface area (Å²) in [6.07, 6.45) is 6.39. The van der Waals surface area contributed by atoms with Crippen molar-refractivity contribution in [1.82, 2.24) is 25.7 Å². The van der Waals surface area contributed by atoms with Crippen LogP contribution in [0.1, 0.15) is 49.9 Å². The van der Waals surface area contributed by atoms with E-state index in [0.29, 0.717) is 31.1 Å². The predicted molar refractivity (Wildman–Crippen MR) is 76.6 cm³/mol. The number of amides is 1. The summed E-state index contributed by atoms with van der Waals surface area (Å²) in [5, 5.41) is 13.4. The van der Waals surface area contributed by atoms with Crippen LogP contribution in [0.5, 0.6) is 0 Å². The summed E-state index contributed by atoms with van der Waals surface area (Å²) in [7, 11) is 0. The molecule has 2 N–H and O–H groups in total. The highest BCUT2D eigenvalue weighted by atomic mass is 16.5. The number of carbonyl (C=O) groups excluding carboxylic acids is 1. The van der Waals surface area contributed by atoms with Gasteiger partial charge in [0.25, 0.3) is 0 Å². The van der Waals surface area contributed by atoms with E-state index in [4.69, 9.17) is 4.52 Å². The van der Waals surface area contributed by atoms with Crippen molar-refractivity contribution in [2.24, 2.45) is 0 Å². The van der Waals surface area contributed by atoms with Crippen LogP contribution in [0.25, 0.3) is 0 Å². The van der Waals surface area contributed by atoms with Crippen molar-refractivity contribution >= 4 is 5.91 Å². The predicted octanol–water partition coefficient (Wildman–Crippen LogP) is 1.60. The van der Waals surface area contributed by atoms with E-state index in [1.165, 1.54) is 0 Å². The SMILES string of the molecule is CC(C)c1nc(CCNC(=O)CCCc2cn[nH]c2)no1. The fourth-order valence-corrected chi connectivity index (χ4v) is 1.87. The third-order valence-electron chi connectivity index (χ3n) is 3.07. The lowest BCUT2D eigenvalue weighted by Crippen LogP contribution is -2.25. The lowest BCUT2D eigenvalue weighted by Gasteiger charge is -2.02. The first-order chi connectivity index (χ1) is 10.1. The quantitative estimate of drug-likeness (QED) is 0.770. The Balaban J connectivity index is 1.60. The largest absolute Gasteiger partial charge is 0.356 e. The molecule has 0 spiro atoms. The van der Waals surface area contributed by atoms with Crippen molar-refractivity contribution in [2.45, 2.75) is 45.4 Å². The fourth-order valence-electron chi connectivity index (χ4n) is 1.87. The third kappa shape index (κ3) is 5.02. The molecule has 21 heavy (non-hydrogen) atoms. The van der Waals surface area contributed by atoms with Crippen LogP contribution in [0.3, 0.4) is 0 Å². The van der Waals surface area contributed by atoms with E-state index in [9.17, 15) is 4.79 Å². The molecule has 2 aromatic heterocycles. The van der Waals surface area contributed by atoms with Gasteiger partial charge in [0.1, 0.15) is 0 Å². The number of aryl methyl sites for hydroxylation is 1. The maximum atomic E-state index is 11.7. The number of nitrogens with zero attached hydrogens (tertiary/aromatic N) is 3. The molecule has 0 atom stereocenters. The summed E-state index contributed by atoms with van der Waals surface area (Å²) >= 11 is 0. The van der Waals surface area contributed by atoms with E-state index in [0.717, 1.165) is 18.4 Å². The van der Waals surface area contributed by atoms with E-state index >= 15 is 0 Å². The second-order valence-electron chi connectivity index (χ2n) is 5.26. The van der Waals surface area contributed by atoms with Crippen LogP contribution in [-0.2, 0) is 17.6 Å². The lowest BCUT2D eigenvalue weighted by molar-refractivity contribution is -0.121. The maximum absolute atomic E-state index is 11.7. The summed E-state index contributed by atoms with van der Waals surface area (Å²) in [6, 6.07) is 0. The summed E-state index contributed by atoms with van der Waals surface area (Å²) in [6.45, 7) is 4.53. The van der Waals surface area contributed by atoms with Gasteiger partial charge in [-0.1, -0.05) is 19.0 Å². The second kappa shape index (κ2) is 7.56. The Bertz CT molecular complexity index is 547. The Kier molecular flexibility index (Phi) is 5.48. The molecule has 0 saturated carbocycles. The highest BCUT2D eigenvalue weighted by molar-refractivity contribution is 5.75. The van der Waals surface area contributed by atoms with Gasteiger partial charge in [0, 0.05) is 31.5 Å². The molecule has 0 aliphatic carbocycles. The van der Waals surface area contributed by atoms with Gasteiger partial charge in [0.05, 0.1) is 6.20 Å². The summed E-state index contributed by atoms with van der Waals surface area (Å²) < 4.78 is 5.11. The van der Waals surface area contributed by atoms with Gasteiger partial charge in [0.2, 0.25) is 11.8 Å². The van der Waals surface area contributed by atoms with E-state index in [2.05, 4.69) is 25.7 Å². The first-order valence-corrected chi connectivity index (χ1v) is 7.22. The van der Waals surface area contributed by atoms with Crippen LogP contribution < -0.4 is 5.32 Å². The van der Waals surface area contributed by atoms with Crippen molar-refractivity contribution < 1.29 is 9.32 Å². The summed E-state index contributed by atoms with van der Waals surface area (Å²) in [5.74, 6) is 1.55. The molecule has 0 saturated heterocycles. The highest BCUT2D eigenvalue weighted by Gasteiger charge is 2.10. The first kappa shape index (κ1) is 15.2. The Hall–Kier alpha value is -2.18. The topological polar surface area (TPSA) is 96.7 Å². The zero-order valence-electron chi connectivity index (χ0n) is 12.4. The molecule has 0 bridgehead atoms. The molecule has 1 amide bonds. The molecule has 2 aromatic rings. The standard InChI is InChI=1S/C14H21N5O2/c1-10(2)14-18-12(19-21-14)6-7-15-13(20)5-3-4-11-8-16-17-9-11/h8-10H,3-7H2,1-2H3,(H,15,20)(H,16,17). The van der Waals surface area contributed by atoms with E-state index in [-0.39, 0.29) is 11.8 Å². The number of hydrogen-bond acceptors (Lipinski definition) is 5. The summed E-state index contributed by atoms with van der Waals surface area (Å²) in [4.78, 5) is 15.9. The minimum Gasteiger partial charge on any atom is -0.356 e. The number of carbonyl (C=O) groups is 1. The summed E-state index contributed by atoms with van der Waals surface area (Å²) in [5.41, 5.74) is 1.12. The van der Waals surface area contributed by atoms with Crippen LogP contribution in [-0.4, -0.2) is 32.8 Å². The number of aromatic amines is 1. The molecule has 2 rings (SSSR count). The van der Waals surface area contributed by atoms with Crippen molar-refractivity contribution in [3.63, 3.8) is 0 Å². The molecule has 0 aliphatic rings. The molecule has 7 heteroatoms. The first-order valence-electron chi connectivity index (χ1n) is 7.22. The van der Waals surface area contributed by atoms with E-state index in [1.54, 1.807) is 6.20 Å². The van der Waals surface area contributed by atoms with Crippen molar-refractivity contribution in [1.29, 1.82) is 0 Å². The van der Waals surface area contributed by atoms with Crippen LogP contribution >= 0.6 is 0 Å². The Morgan fingerprint density at radius 3 is 2.95 bits per heavy atom. The van der Waals surface area contributed by atoms with Gasteiger partial charge in [-0.05, 0) is 18.4 Å². The lowest BCUT2D eigenvalue weighted by atomic mass is 10.1. The van der Waals surface area contributed by atoms with Crippen LogP contribution in [0.4, 0.5) is 0 Å². The number of aromatic nitrogens is 4. The van der Waals surface area contributed by atoms with Crippen LogP contribution in [0.2, 0.25) is 0 Å². The number of hydrogen-bond donors (Lipinski definition) is 2. The molecular weight excluding hydrogens is 270 g/mol. The van der Waals surface area contributed by atoms with E-state index in [1.807, 2.05) is 20.0 Å². The van der Waals surface area contributed by atoms with Gasteiger partial charge in [0.15, 0.2) is 5.82 Å². The van der Waals surface area contributed by atoms with Crippen LogP contribution in [0, 0.1) is 0 Å². The van der Waals surface area contributed by atoms with Crippen molar-refractivity contribution in [3.05, 3.63) is 29.7 Å². The average Bonchev–Trinajstić information content (AvgIpc) is 3.09. The minimum absolute atomic E-state index is 0.0473. The molecule has 2 heterocycles. The molecule has 0 aromatic carbocycles. The van der Waals surface area contributed by atoms with Gasteiger partial charge >= 0.3 is 0 Å². The maximum Gasteiger partial charge on any atom is 0.229 e. The van der Waals surface area contributed by atoms with Gasteiger partial charge in [-0.15, -0.1) is 0 Å². The van der Waals surface area contributed by atoms with Gasteiger partial charge < -0.3 is 9.84 Å². The molecule has 0 unspecified atom stereocenters. The van der Waals surface area contributed by atoms with E-state index < -0.39 is 0 Å². The zero-order valence-corrected chi connectivity index (χ0v) is 12.4. The molecular formula is C14H21N5O2. The number of H-pyrrole nitrogens is 1. The van der Waals surface area contributed by atoms with Crippen molar-refractivity contribution in [3.8, 4) is 0 Å². The monoisotopic (exact) mass is 291 g/mol. The fraction of sp³-hybridized carbons (Fsp3) is 0.571. The highest BCUT2D eigenvalue weighted by Crippen LogP contribution is 2.10. The van der Waals surface area contributed by atoms with Crippen molar-refractivity contribution in [2.75, 3.05) is 6.54 Å². The average molecular weight is 291 g/mol. The molecule has 114 valence electrons.